The van der Waals surface area contributed by atoms with Gasteiger partial charge in [-0.05, 0) is 67.0 Å². The number of allylic oxidation sites excluding steroid dienone is 1. The maximum atomic E-state index is 12.2. The van der Waals surface area contributed by atoms with E-state index in [1.807, 2.05) is 36.4 Å². The van der Waals surface area contributed by atoms with Crippen molar-refractivity contribution in [3.05, 3.63) is 81.4 Å². The molecule has 0 radical (unpaired) electrons. The van der Waals surface area contributed by atoms with Gasteiger partial charge in [-0.3, -0.25) is 4.79 Å². The predicted molar refractivity (Wildman–Crippen MR) is 106 cm³/mol. The van der Waals surface area contributed by atoms with E-state index in [1.54, 1.807) is 12.2 Å². The van der Waals surface area contributed by atoms with Gasteiger partial charge in [-0.1, -0.05) is 26.0 Å². The summed E-state index contributed by atoms with van der Waals surface area (Å²) in [7, 11) is 0. The molecule has 0 N–H and O–H groups in total. The number of benzene rings is 1. The standard InChI is InChI=1S/C22H22O3S/c1-3-16-5-7-17(8-6-16)24-15-19-10-9-18(25-19)11-13-21(23)22-14-12-20(4-2)26-22/h5-14H,3-4,15H2,1-2H3/b13-11+. The van der Waals surface area contributed by atoms with E-state index in [0.717, 1.165) is 29.2 Å². The fourth-order valence-electron chi connectivity index (χ4n) is 2.48. The van der Waals surface area contributed by atoms with Crippen LogP contribution in [0.5, 0.6) is 5.75 Å². The number of hydrogen-bond donors (Lipinski definition) is 0. The van der Waals surface area contributed by atoms with Crippen LogP contribution in [0.15, 0.2) is 59.0 Å². The molecule has 0 fully saturated rings. The highest BCUT2D eigenvalue weighted by Crippen LogP contribution is 2.19. The molecule has 0 aliphatic heterocycles. The van der Waals surface area contributed by atoms with Crippen molar-refractivity contribution in [1.29, 1.82) is 0 Å². The lowest BCUT2D eigenvalue weighted by molar-refractivity contribution is 0.105. The molecule has 4 heteroatoms. The Morgan fingerprint density at radius 3 is 2.54 bits per heavy atom. The third-order valence-corrected chi connectivity index (χ3v) is 5.29. The predicted octanol–water partition coefficient (Wildman–Crippen LogP) is 5.94. The molecule has 0 amide bonds. The van der Waals surface area contributed by atoms with Crippen molar-refractivity contribution in [3.8, 4) is 5.75 Å². The first kappa shape index (κ1) is 18.2. The van der Waals surface area contributed by atoms with Crippen molar-refractivity contribution < 1.29 is 13.9 Å². The van der Waals surface area contributed by atoms with Gasteiger partial charge in [0.2, 0.25) is 0 Å². The van der Waals surface area contributed by atoms with Crippen LogP contribution in [-0.2, 0) is 19.4 Å². The Labute approximate surface area is 157 Å². The molecular weight excluding hydrogens is 344 g/mol. The van der Waals surface area contributed by atoms with Gasteiger partial charge in [0.05, 0.1) is 4.88 Å². The van der Waals surface area contributed by atoms with Gasteiger partial charge < -0.3 is 9.15 Å². The van der Waals surface area contributed by atoms with Gasteiger partial charge in [0.25, 0.3) is 0 Å². The average Bonchev–Trinajstić information content (AvgIpc) is 3.34. The number of ether oxygens (including phenoxy) is 1. The van der Waals surface area contributed by atoms with Crippen LogP contribution < -0.4 is 4.74 Å². The van der Waals surface area contributed by atoms with E-state index in [1.165, 1.54) is 21.8 Å². The summed E-state index contributed by atoms with van der Waals surface area (Å²) in [6.45, 7) is 4.57. The number of thiophene rings is 1. The highest BCUT2D eigenvalue weighted by molar-refractivity contribution is 7.14. The smallest absolute Gasteiger partial charge is 0.195 e. The summed E-state index contributed by atoms with van der Waals surface area (Å²) in [6.07, 6.45) is 5.22. The van der Waals surface area contributed by atoms with Crippen LogP contribution in [0.25, 0.3) is 6.08 Å². The van der Waals surface area contributed by atoms with Crippen molar-refractivity contribution >= 4 is 23.2 Å². The molecule has 0 unspecified atom stereocenters. The maximum Gasteiger partial charge on any atom is 0.195 e. The Kier molecular flexibility index (Phi) is 6.08. The number of rotatable bonds is 8. The van der Waals surface area contributed by atoms with Crippen LogP contribution in [0.4, 0.5) is 0 Å². The first-order valence-electron chi connectivity index (χ1n) is 8.79. The SMILES string of the molecule is CCc1ccc(OCc2ccc(/C=C/C(=O)c3ccc(CC)s3)o2)cc1. The first-order chi connectivity index (χ1) is 12.7. The van der Waals surface area contributed by atoms with Gasteiger partial charge in [-0.15, -0.1) is 11.3 Å². The van der Waals surface area contributed by atoms with Crippen molar-refractivity contribution in [2.45, 2.75) is 33.3 Å². The van der Waals surface area contributed by atoms with Crippen LogP contribution in [0, 0.1) is 0 Å². The molecule has 0 atom stereocenters. The molecular formula is C22H22O3S. The van der Waals surface area contributed by atoms with Crippen LogP contribution >= 0.6 is 11.3 Å². The first-order valence-corrected chi connectivity index (χ1v) is 9.61. The molecule has 3 nitrogen and oxygen atoms in total. The van der Waals surface area contributed by atoms with Crippen LogP contribution in [-0.4, -0.2) is 5.78 Å². The fraction of sp³-hybridized carbons (Fsp3) is 0.227. The number of ketones is 1. The topological polar surface area (TPSA) is 39.4 Å². The minimum Gasteiger partial charge on any atom is -0.486 e. The third kappa shape index (κ3) is 4.73. The number of carbonyl (C=O) groups excluding carboxylic acids is 1. The lowest BCUT2D eigenvalue weighted by Gasteiger charge is -2.04. The van der Waals surface area contributed by atoms with E-state index in [9.17, 15) is 4.79 Å². The molecule has 0 spiro atoms. The molecule has 0 aliphatic rings. The summed E-state index contributed by atoms with van der Waals surface area (Å²) >= 11 is 1.54. The number of carbonyl (C=O) groups is 1. The zero-order valence-corrected chi connectivity index (χ0v) is 15.8. The van der Waals surface area contributed by atoms with Gasteiger partial charge in [0.15, 0.2) is 5.78 Å². The second-order valence-electron chi connectivity index (χ2n) is 5.91. The summed E-state index contributed by atoms with van der Waals surface area (Å²) < 4.78 is 11.4. The molecule has 2 heterocycles. The van der Waals surface area contributed by atoms with E-state index in [2.05, 4.69) is 26.0 Å². The fourth-order valence-corrected chi connectivity index (χ4v) is 3.35. The molecule has 26 heavy (non-hydrogen) atoms. The summed E-state index contributed by atoms with van der Waals surface area (Å²) in [4.78, 5) is 14.1. The molecule has 2 aromatic heterocycles. The molecule has 3 aromatic rings. The Hall–Kier alpha value is -2.59. The number of hydrogen-bond acceptors (Lipinski definition) is 4. The maximum absolute atomic E-state index is 12.2. The summed E-state index contributed by atoms with van der Waals surface area (Å²) in [5.74, 6) is 2.18. The van der Waals surface area contributed by atoms with Crippen molar-refractivity contribution in [3.63, 3.8) is 0 Å². The zero-order valence-electron chi connectivity index (χ0n) is 15.0. The minimum absolute atomic E-state index is 0.0000797. The Bertz CT molecular complexity index is 884. The second-order valence-corrected chi connectivity index (χ2v) is 7.08. The van der Waals surface area contributed by atoms with Crippen molar-refractivity contribution in [2.24, 2.45) is 0 Å². The highest BCUT2D eigenvalue weighted by atomic mass is 32.1. The quantitative estimate of drug-likeness (QED) is 0.366. The third-order valence-electron chi connectivity index (χ3n) is 4.05. The molecule has 0 bridgehead atoms. The van der Waals surface area contributed by atoms with E-state index in [4.69, 9.17) is 9.15 Å². The van der Waals surface area contributed by atoms with Gasteiger partial charge in [0.1, 0.15) is 23.9 Å². The lowest BCUT2D eigenvalue weighted by Crippen LogP contribution is -1.93. The Balaban J connectivity index is 1.55. The van der Waals surface area contributed by atoms with E-state index < -0.39 is 0 Å². The van der Waals surface area contributed by atoms with Crippen molar-refractivity contribution in [1.82, 2.24) is 0 Å². The zero-order chi connectivity index (χ0) is 18.4. The second kappa shape index (κ2) is 8.68. The van der Waals surface area contributed by atoms with Crippen LogP contribution in [0.2, 0.25) is 0 Å². The Morgan fingerprint density at radius 1 is 1.04 bits per heavy atom. The lowest BCUT2D eigenvalue weighted by atomic mass is 10.2. The van der Waals surface area contributed by atoms with E-state index >= 15 is 0 Å². The largest absolute Gasteiger partial charge is 0.486 e. The van der Waals surface area contributed by atoms with E-state index in [0.29, 0.717) is 12.4 Å². The highest BCUT2D eigenvalue weighted by Gasteiger charge is 2.06. The molecule has 1 aromatic carbocycles. The normalized spacial score (nSPS) is 11.2. The number of aryl methyl sites for hydroxylation is 2. The van der Waals surface area contributed by atoms with Gasteiger partial charge in [-0.25, -0.2) is 0 Å². The van der Waals surface area contributed by atoms with Crippen molar-refractivity contribution in [2.75, 3.05) is 0 Å². The number of furan rings is 1. The molecule has 0 saturated carbocycles. The summed E-state index contributed by atoms with van der Waals surface area (Å²) in [6, 6.07) is 15.6. The summed E-state index contributed by atoms with van der Waals surface area (Å²) in [5.41, 5.74) is 1.28. The summed E-state index contributed by atoms with van der Waals surface area (Å²) in [5, 5.41) is 0. The average molecular weight is 366 g/mol. The molecule has 3 rings (SSSR count). The van der Waals surface area contributed by atoms with Gasteiger partial charge in [0, 0.05) is 4.88 Å². The molecule has 0 aliphatic carbocycles. The van der Waals surface area contributed by atoms with Crippen LogP contribution in [0.1, 0.15) is 45.5 Å². The molecule has 0 saturated heterocycles. The minimum atomic E-state index is -0.0000797. The Morgan fingerprint density at radius 2 is 1.85 bits per heavy atom. The van der Waals surface area contributed by atoms with E-state index in [-0.39, 0.29) is 5.78 Å². The van der Waals surface area contributed by atoms with Gasteiger partial charge in [-0.2, -0.15) is 0 Å². The molecule has 134 valence electrons. The van der Waals surface area contributed by atoms with Gasteiger partial charge >= 0.3 is 0 Å². The van der Waals surface area contributed by atoms with Crippen LogP contribution in [0.3, 0.4) is 0 Å². The monoisotopic (exact) mass is 366 g/mol.